The lowest BCUT2D eigenvalue weighted by atomic mass is 9.86. The molecule has 2 aliphatic carbocycles. The number of amides is 1. The molecule has 4 atom stereocenters. The van der Waals surface area contributed by atoms with Gasteiger partial charge < -0.3 is 4.74 Å². The number of aromatic nitrogens is 5. The molecule has 62 heavy (non-hydrogen) atoms. The summed E-state index contributed by atoms with van der Waals surface area (Å²) in [7, 11) is -0.977. The van der Waals surface area contributed by atoms with E-state index in [2.05, 4.69) is 27.9 Å². The molecule has 2 fully saturated rings. The third-order valence-corrected chi connectivity index (χ3v) is 12.6. The van der Waals surface area contributed by atoms with E-state index in [1.807, 2.05) is 0 Å². The molecule has 0 spiro atoms. The zero-order valence-corrected chi connectivity index (χ0v) is 35.3. The molecule has 5 aromatic rings. The number of nitrogens with zero attached hydrogens (tertiary/aromatic N) is 6. The molecule has 4 heterocycles. The monoisotopic (exact) mass is 902 g/mol. The van der Waals surface area contributed by atoms with E-state index in [1.165, 1.54) is 15.8 Å². The first kappa shape index (κ1) is 43.2. The second-order valence-electron chi connectivity index (χ2n) is 16.7. The Morgan fingerprint density at radius 1 is 1.10 bits per heavy atom. The molecule has 0 radical (unpaired) electrons. The van der Waals surface area contributed by atoms with Crippen molar-refractivity contribution in [1.82, 2.24) is 29.4 Å². The molecule has 3 aromatic heterocycles. The first-order chi connectivity index (χ1) is 28.9. The molecule has 326 valence electrons. The minimum atomic E-state index is -5.06. The van der Waals surface area contributed by atoms with Gasteiger partial charge in [-0.3, -0.25) is 23.3 Å². The van der Waals surface area contributed by atoms with E-state index in [0.29, 0.717) is 38.5 Å². The highest BCUT2D eigenvalue weighted by Crippen LogP contribution is 2.68. The lowest BCUT2D eigenvalue weighted by molar-refractivity contribution is -0.142. The average Bonchev–Trinajstić information content (AvgIpc) is 3.36. The number of carbonyl (C=O) groups excluding carboxylic acids is 2. The van der Waals surface area contributed by atoms with Crippen LogP contribution in [-0.2, 0) is 56.9 Å². The van der Waals surface area contributed by atoms with Crippen LogP contribution in [0.3, 0.4) is 0 Å². The number of alkyl halides is 5. The number of fused-ring (bicyclic) bond motifs is 4. The number of halogens is 8. The predicted octanol–water partition coefficient (Wildman–Crippen LogP) is 8.41. The van der Waals surface area contributed by atoms with E-state index < -0.39 is 98.3 Å². The maximum absolute atomic E-state index is 15.5. The van der Waals surface area contributed by atoms with Crippen LogP contribution in [0.4, 0.5) is 35.5 Å². The van der Waals surface area contributed by atoms with Gasteiger partial charge in [-0.15, -0.1) is 0 Å². The Kier molecular flexibility index (Phi) is 10.6. The van der Waals surface area contributed by atoms with E-state index in [0.717, 1.165) is 12.1 Å². The normalized spacial score (nSPS) is 19.4. The number of benzene rings is 2. The van der Waals surface area contributed by atoms with Crippen molar-refractivity contribution in [3.8, 4) is 23.0 Å². The number of pyridine rings is 1. The third-order valence-electron chi connectivity index (χ3n) is 11.4. The summed E-state index contributed by atoms with van der Waals surface area (Å²) in [5.74, 6) is -0.0444. The van der Waals surface area contributed by atoms with Crippen molar-refractivity contribution in [2.45, 2.75) is 74.9 Å². The van der Waals surface area contributed by atoms with Gasteiger partial charge in [-0.1, -0.05) is 23.6 Å². The van der Waals surface area contributed by atoms with Crippen LogP contribution in [0.5, 0.6) is 0 Å². The molecule has 1 aliphatic heterocycles. The van der Waals surface area contributed by atoms with Crippen molar-refractivity contribution < 1.29 is 49.3 Å². The van der Waals surface area contributed by atoms with E-state index in [9.17, 15) is 35.8 Å². The maximum Gasteiger partial charge on any atom is 0.435 e. The van der Waals surface area contributed by atoms with E-state index in [-0.39, 0.29) is 53.7 Å². The minimum Gasteiger partial charge on any atom is -0.447 e. The highest BCUT2D eigenvalue weighted by molar-refractivity contribution is 7.98. The van der Waals surface area contributed by atoms with Gasteiger partial charge in [0, 0.05) is 59.7 Å². The molecule has 8 rings (SSSR count). The molecule has 1 amide bonds. The summed E-state index contributed by atoms with van der Waals surface area (Å²) in [4.78, 5) is 33.0. The number of rotatable bonds is 11. The van der Waals surface area contributed by atoms with E-state index >= 15 is 8.78 Å². The van der Waals surface area contributed by atoms with E-state index in [1.54, 1.807) is 45.2 Å². The van der Waals surface area contributed by atoms with Crippen molar-refractivity contribution in [2.75, 3.05) is 19.4 Å². The van der Waals surface area contributed by atoms with Crippen LogP contribution in [0.1, 0.15) is 78.1 Å². The Labute approximate surface area is 356 Å². The van der Waals surface area contributed by atoms with Gasteiger partial charge in [0.25, 0.3) is 5.92 Å². The number of carbonyl (C=O) groups is 2. The molecule has 1 saturated carbocycles. The fraction of sp³-hybridized carbons (Fsp3) is 0.395. The van der Waals surface area contributed by atoms with Crippen LogP contribution >= 0.6 is 11.6 Å². The molecular weight excluding hydrogens is 865 g/mol. The topological polar surface area (TPSA) is 112 Å². The quantitative estimate of drug-likeness (QED) is 0.0744. The summed E-state index contributed by atoms with van der Waals surface area (Å²) in [6.45, 7) is 2.90. The minimum absolute atomic E-state index is 0.0243. The Balaban J connectivity index is 1.28. The predicted molar refractivity (Wildman–Crippen MR) is 217 cm³/mol. The second kappa shape index (κ2) is 15.1. The first-order valence-corrected chi connectivity index (χ1v) is 22.1. The Hall–Kier alpha value is -5.41. The van der Waals surface area contributed by atoms with Crippen molar-refractivity contribution in [2.24, 2.45) is 13.0 Å². The molecule has 10 nitrogen and oxygen atoms in total. The Morgan fingerprint density at radius 2 is 1.79 bits per heavy atom. The third kappa shape index (κ3) is 8.05. The lowest BCUT2D eigenvalue weighted by Crippen LogP contribution is -2.43. The van der Waals surface area contributed by atoms with Gasteiger partial charge in [0.05, 0.1) is 34.2 Å². The summed E-state index contributed by atoms with van der Waals surface area (Å²) in [5.41, 5.74) is -2.01. The highest BCUT2D eigenvalue weighted by Gasteiger charge is 2.68. The standard InChI is InChI=1S/C43H38ClF7N6O4S/c1-41(2,56-12-13-61-40(56)59)11-10-26-6-7-28(29-8-9-32(44)35-33(21-62(4,5)60)53-55(3)37(29)35)36(52-26)23(14-22-15-24(45)18-25(46)16-22)17-27(58)20-57-39-34(38(54-57)43(49,50)51)30-19-31(30)42(39,47)48/h6-9,15-16,18,23,30-31H,4,12-14,17,19-21H2,1-3,5H3/t23-,30+,31-,62?/m1/s1. The van der Waals surface area contributed by atoms with Gasteiger partial charge in [0.1, 0.15) is 41.7 Å². The summed E-state index contributed by atoms with van der Waals surface area (Å²) in [6.07, 6.45) is -5.11. The van der Waals surface area contributed by atoms with Crippen LogP contribution < -0.4 is 0 Å². The van der Waals surface area contributed by atoms with Gasteiger partial charge in [-0.25, -0.2) is 18.6 Å². The fourth-order valence-corrected chi connectivity index (χ4v) is 9.76. The summed E-state index contributed by atoms with van der Waals surface area (Å²) in [5, 5.41) is 8.85. The van der Waals surface area contributed by atoms with Crippen molar-refractivity contribution in [3.05, 3.63) is 98.7 Å². The van der Waals surface area contributed by atoms with E-state index in [4.69, 9.17) is 21.3 Å². The molecular formula is C43H38ClF7N6O4S. The largest absolute Gasteiger partial charge is 0.447 e. The van der Waals surface area contributed by atoms with Crippen LogP contribution in [0.2, 0.25) is 5.02 Å². The molecule has 2 aromatic carbocycles. The van der Waals surface area contributed by atoms with Gasteiger partial charge in [-0.2, -0.15) is 32.1 Å². The Bertz CT molecular complexity index is 2860. The van der Waals surface area contributed by atoms with Crippen LogP contribution in [0.15, 0.2) is 42.5 Å². The molecule has 0 bridgehead atoms. The Morgan fingerprint density at radius 3 is 2.44 bits per heavy atom. The lowest BCUT2D eigenvalue weighted by Gasteiger charge is -2.27. The number of hydrogen-bond acceptors (Lipinski definition) is 7. The number of cyclic esters (lactones) is 1. The molecule has 1 unspecified atom stereocenters. The van der Waals surface area contributed by atoms with Crippen molar-refractivity contribution in [3.63, 3.8) is 0 Å². The van der Waals surface area contributed by atoms with Gasteiger partial charge in [-0.05, 0) is 89.8 Å². The first-order valence-electron chi connectivity index (χ1n) is 19.4. The molecule has 19 heteroatoms. The zero-order chi connectivity index (χ0) is 44.8. The van der Waals surface area contributed by atoms with Crippen LogP contribution in [-0.4, -0.2) is 76.3 Å². The smallest absolute Gasteiger partial charge is 0.435 e. The molecule has 0 N–H and O–H groups in total. The molecule has 1 saturated heterocycles. The summed E-state index contributed by atoms with van der Waals surface area (Å²) in [6, 6.07) is 9.25. The fourth-order valence-electron chi connectivity index (χ4n) is 8.71. The van der Waals surface area contributed by atoms with Gasteiger partial charge in [0.2, 0.25) is 0 Å². The zero-order valence-electron chi connectivity index (χ0n) is 33.7. The van der Waals surface area contributed by atoms with Gasteiger partial charge >= 0.3 is 12.3 Å². The van der Waals surface area contributed by atoms with Crippen LogP contribution in [0, 0.1) is 29.4 Å². The average molecular weight is 903 g/mol. The van der Waals surface area contributed by atoms with Crippen molar-refractivity contribution in [1.29, 1.82) is 0 Å². The number of aryl methyl sites for hydroxylation is 1. The van der Waals surface area contributed by atoms with Gasteiger partial charge in [0.15, 0.2) is 11.5 Å². The van der Waals surface area contributed by atoms with Crippen molar-refractivity contribution >= 4 is 49.8 Å². The highest BCUT2D eigenvalue weighted by atomic mass is 35.5. The molecule has 3 aliphatic rings. The second-order valence-corrected chi connectivity index (χ2v) is 19.7. The number of ketones is 1. The summed E-state index contributed by atoms with van der Waals surface area (Å²) >= 11 is 6.74. The maximum atomic E-state index is 15.5. The SMILES string of the molecule is C=S(C)(=O)Cc1nn(C)c2c(-c3ccc(C#CC(C)(C)N4CCOC4=O)nc3[C@@H](CC(=O)Cn3nc(C(F)(F)F)c4c3C(F)(F)[C@@H]3C[C@H]43)Cc3cc(F)cc(F)c3)ccc(Cl)c12. The number of ether oxygens (including phenoxy) is 1. The van der Waals surface area contributed by atoms with Crippen LogP contribution in [0.25, 0.3) is 22.0 Å². The number of hydrogen-bond donors (Lipinski definition) is 0. The summed E-state index contributed by atoms with van der Waals surface area (Å²) < 4.78 is 123. The number of Topliss-reactive ketones (excluding diaryl/α,β-unsaturated/α-hetero) is 1.